The van der Waals surface area contributed by atoms with Crippen LogP contribution >= 0.6 is 11.8 Å². The highest BCUT2D eigenvalue weighted by atomic mass is 32.2. The van der Waals surface area contributed by atoms with E-state index >= 15 is 0 Å². The standard InChI is InChI=1S/C25H29N3O2S/c29-24(26-14-7-17-28-15-5-1-2-6-16-28)20-12-10-19(11-13-20)18-23-25(30)27-21-8-3-4-9-22(21)31-23/h3-4,8-13,18H,1-2,5-7,14-17H2,(H,26,29)(H,27,30). The zero-order chi connectivity index (χ0) is 21.5. The highest BCUT2D eigenvalue weighted by Crippen LogP contribution is 2.38. The van der Waals surface area contributed by atoms with Crippen molar-refractivity contribution < 1.29 is 9.59 Å². The molecule has 162 valence electrons. The van der Waals surface area contributed by atoms with Crippen molar-refractivity contribution in [1.29, 1.82) is 0 Å². The van der Waals surface area contributed by atoms with Crippen LogP contribution in [0.5, 0.6) is 0 Å². The molecular formula is C25H29N3O2S. The first-order valence-electron chi connectivity index (χ1n) is 11.1. The van der Waals surface area contributed by atoms with Crippen molar-refractivity contribution in [2.75, 3.05) is 31.5 Å². The van der Waals surface area contributed by atoms with Crippen molar-refractivity contribution in [3.63, 3.8) is 0 Å². The second kappa shape index (κ2) is 10.6. The number of carbonyl (C=O) groups excluding carboxylic acids is 2. The van der Waals surface area contributed by atoms with Crippen LogP contribution in [0.15, 0.2) is 58.3 Å². The van der Waals surface area contributed by atoms with E-state index in [0.717, 1.165) is 29.1 Å². The van der Waals surface area contributed by atoms with Crippen LogP contribution in [0.25, 0.3) is 6.08 Å². The monoisotopic (exact) mass is 435 g/mol. The Kier molecular flexibility index (Phi) is 7.43. The van der Waals surface area contributed by atoms with E-state index in [1.54, 1.807) is 0 Å². The summed E-state index contributed by atoms with van der Waals surface area (Å²) >= 11 is 1.46. The molecule has 0 unspecified atom stereocenters. The van der Waals surface area contributed by atoms with Crippen molar-refractivity contribution in [3.8, 4) is 0 Å². The molecule has 2 aromatic rings. The molecule has 2 heterocycles. The molecule has 0 aromatic heterocycles. The average molecular weight is 436 g/mol. The lowest BCUT2D eigenvalue weighted by molar-refractivity contribution is -0.112. The van der Waals surface area contributed by atoms with Gasteiger partial charge in [-0.2, -0.15) is 0 Å². The Morgan fingerprint density at radius 3 is 2.55 bits per heavy atom. The molecule has 2 N–H and O–H groups in total. The number of anilines is 1. The van der Waals surface area contributed by atoms with Gasteiger partial charge in [0.2, 0.25) is 0 Å². The van der Waals surface area contributed by atoms with Crippen LogP contribution in [0.1, 0.15) is 48.0 Å². The number of thioether (sulfide) groups is 1. The maximum atomic E-state index is 12.4. The minimum absolute atomic E-state index is 0.0474. The molecule has 1 saturated heterocycles. The number of nitrogens with zero attached hydrogens (tertiary/aromatic N) is 1. The molecule has 6 heteroatoms. The minimum Gasteiger partial charge on any atom is -0.352 e. The number of hydrogen-bond donors (Lipinski definition) is 2. The summed E-state index contributed by atoms with van der Waals surface area (Å²) in [5, 5.41) is 5.94. The number of rotatable bonds is 6. The molecule has 0 atom stereocenters. The fourth-order valence-electron chi connectivity index (χ4n) is 3.95. The first-order chi connectivity index (χ1) is 15.2. The number of hydrogen-bond acceptors (Lipinski definition) is 4. The second-order valence-electron chi connectivity index (χ2n) is 8.05. The zero-order valence-corrected chi connectivity index (χ0v) is 18.5. The molecule has 5 nitrogen and oxygen atoms in total. The van der Waals surface area contributed by atoms with E-state index in [-0.39, 0.29) is 11.8 Å². The fraction of sp³-hybridized carbons (Fsp3) is 0.360. The summed E-state index contributed by atoms with van der Waals surface area (Å²) in [7, 11) is 0. The van der Waals surface area contributed by atoms with E-state index < -0.39 is 0 Å². The molecule has 4 rings (SSSR count). The molecule has 2 aliphatic heterocycles. The van der Waals surface area contributed by atoms with Gasteiger partial charge in [-0.25, -0.2) is 0 Å². The van der Waals surface area contributed by atoms with Crippen LogP contribution in [0.2, 0.25) is 0 Å². The van der Waals surface area contributed by atoms with E-state index in [1.807, 2.05) is 54.6 Å². The van der Waals surface area contributed by atoms with Gasteiger partial charge in [0.1, 0.15) is 0 Å². The molecule has 0 spiro atoms. The van der Waals surface area contributed by atoms with Gasteiger partial charge >= 0.3 is 0 Å². The van der Waals surface area contributed by atoms with E-state index in [9.17, 15) is 9.59 Å². The number of amides is 2. The summed E-state index contributed by atoms with van der Waals surface area (Å²) in [6.45, 7) is 4.12. The number of para-hydroxylation sites is 1. The lowest BCUT2D eigenvalue weighted by atomic mass is 10.1. The summed E-state index contributed by atoms with van der Waals surface area (Å²) in [4.78, 5) is 29.0. The quantitative estimate of drug-likeness (QED) is 0.507. The predicted octanol–water partition coefficient (Wildman–Crippen LogP) is 4.77. The van der Waals surface area contributed by atoms with Crippen LogP contribution in [0, 0.1) is 0 Å². The van der Waals surface area contributed by atoms with E-state index in [2.05, 4.69) is 15.5 Å². The summed E-state index contributed by atoms with van der Waals surface area (Å²) in [5.74, 6) is -0.149. The SMILES string of the molecule is O=C1Nc2ccccc2SC1=Cc1ccc(C(=O)NCCCN2CCCCCC2)cc1. The van der Waals surface area contributed by atoms with Crippen LogP contribution in [-0.2, 0) is 4.79 Å². The zero-order valence-electron chi connectivity index (χ0n) is 17.7. The first kappa shape index (κ1) is 21.7. The van der Waals surface area contributed by atoms with Gasteiger partial charge in [0.05, 0.1) is 10.6 Å². The number of fused-ring (bicyclic) bond motifs is 1. The van der Waals surface area contributed by atoms with Gasteiger partial charge in [-0.1, -0.05) is 48.9 Å². The third-order valence-electron chi connectivity index (χ3n) is 5.68. The second-order valence-corrected chi connectivity index (χ2v) is 9.13. The Bertz CT molecular complexity index is 947. The van der Waals surface area contributed by atoms with Crippen LogP contribution in [0.3, 0.4) is 0 Å². The van der Waals surface area contributed by atoms with Crippen molar-refractivity contribution in [1.82, 2.24) is 10.2 Å². The summed E-state index contributed by atoms with van der Waals surface area (Å²) in [6.07, 6.45) is 8.11. The average Bonchev–Trinajstić information content (AvgIpc) is 3.06. The van der Waals surface area contributed by atoms with Gasteiger partial charge in [-0.15, -0.1) is 0 Å². The lowest BCUT2D eigenvalue weighted by Gasteiger charge is -2.19. The molecular weight excluding hydrogens is 406 g/mol. The third kappa shape index (κ3) is 5.99. The van der Waals surface area contributed by atoms with Gasteiger partial charge < -0.3 is 15.5 Å². The predicted molar refractivity (Wildman–Crippen MR) is 127 cm³/mol. The van der Waals surface area contributed by atoms with Crippen LogP contribution in [0.4, 0.5) is 5.69 Å². The number of nitrogens with one attached hydrogen (secondary N) is 2. The highest BCUT2D eigenvalue weighted by Gasteiger charge is 2.20. The van der Waals surface area contributed by atoms with E-state index in [1.165, 1.54) is 50.5 Å². The molecule has 2 aromatic carbocycles. The Balaban J connectivity index is 1.28. The smallest absolute Gasteiger partial charge is 0.262 e. The summed E-state index contributed by atoms with van der Waals surface area (Å²) < 4.78 is 0. The maximum Gasteiger partial charge on any atom is 0.262 e. The Hall–Kier alpha value is -2.57. The maximum absolute atomic E-state index is 12.4. The molecule has 31 heavy (non-hydrogen) atoms. The van der Waals surface area contributed by atoms with Gasteiger partial charge in [-0.05, 0) is 74.8 Å². The van der Waals surface area contributed by atoms with Gasteiger partial charge in [0, 0.05) is 17.0 Å². The van der Waals surface area contributed by atoms with Gasteiger partial charge in [0.25, 0.3) is 11.8 Å². The molecule has 0 radical (unpaired) electrons. The first-order valence-corrected chi connectivity index (χ1v) is 11.9. The van der Waals surface area contributed by atoms with Crippen molar-refractivity contribution in [2.24, 2.45) is 0 Å². The van der Waals surface area contributed by atoms with Crippen LogP contribution < -0.4 is 10.6 Å². The molecule has 0 aliphatic carbocycles. The molecule has 0 bridgehead atoms. The van der Waals surface area contributed by atoms with Crippen molar-refractivity contribution >= 4 is 35.3 Å². The van der Waals surface area contributed by atoms with Crippen molar-refractivity contribution in [2.45, 2.75) is 37.0 Å². The number of carbonyl (C=O) groups is 2. The molecule has 1 fully saturated rings. The van der Waals surface area contributed by atoms with Gasteiger partial charge in [-0.3, -0.25) is 9.59 Å². The molecule has 2 aliphatic rings. The Labute approximate surface area is 188 Å². The Morgan fingerprint density at radius 1 is 1.03 bits per heavy atom. The number of benzene rings is 2. The lowest BCUT2D eigenvalue weighted by Crippen LogP contribution is -2.30. The molecule has 2 amide bonds. The van der Waals surface area contributed by atoms with E-state index in [4.69, 9.17) is 0 Å². The molecule has 0 saturated carbocycles. The van der Waals surface area contributed by atoms with Gasteiger partial charge in [0.15, 0.2) is 0 Å². The third-order valence-corrected chi connectivity index (χ3v) is 6.78. The van der Waals surface area contributed by atoms with E-state index in [0.29, 0.717) is 17.0 Å². The topological polar surface area (TPSA) is 61.4 Å². The summed E-state index contributed by atoms with van der Waals surface area (Å²) in [5.41, 5.74) is 2.38. The fourth-order valence-corrected chi connectivity index (χ4v) is 4.90. The summed E-state index contributed by atoms with van der Waals surface area (Å²) in [6, 6.07) is 15.2. The minimum atomic E-state index is -0.102. The highest BCUT2D eigenvalue weighted by molar-refractivity contribution is 8.04. The normalized spacial score (nSPS) is 18.2. The Morgan fingerprint density at radius 2 is 1.77 bits per heavy atom. The largest absolute Gasteiger partial charge is 0.352 e. The van der Waals surface area contributed by atoms with Crippen molar-refractivity contribution in [3.05, 3.63) is 64.6 Å². The number of likely N-dealkylation sites (tertiary alicyclic amines) is 1. The van der Waals surface area contributed by atoms with Crippen LogP contribution in [-0.4, -0.2) is 42.9 Å².